The van der Waals surface area contributed by atoms with Crippen molar-refractivity contribution in [3.05, 3.63) is 20.2 Å². The first kappa shape index (κ1) is 8.95. The molecular weight excluding hydrogens is 209 g/mol. The molecule has 0 aliphatic carbocycles. The molecule has 0 aromatic carbocycles. The quantitative estimate of drug-likeness (QED) is 0.558. The molecule has 0 saturated heterocycles. The largest absolute Gasteiger partial charge is 0.490 e. The van der Waals surface area contributed by atoms with E-state index in [1.54, 1.807) is 0 Å². The Morgan fingerprint density at radius 3 is 2.42 bits per heavy atom. The van der Waals surface area contributed by atoms with Crippen molar-refractivity contribution in [1.29, 1.82) is 0 Å². The summed E-state index contributed by atoms with van der Waals surface area (Å²) in [4.78, 5) is 9.32. The van der Waals surface area contributed by atoms with Gasteiger partial charge in [0.25, 0.3) is 5.88 Å². The fourth-order valence-electron chi connectivity index (χ4n) is 0.495. The van der Waals surface area contributed by atoms with Crippen LogP contribution in [0.5, 0.6) is 5.88 Å². The zero-order valence-corrected chi connectivity index (χ0v) is 6.87. The average molecular weight is 210 g/mol. The van der Waals surface area contributed by atoms with Crippen LogP contribution in [-0.2, 0) is 0 Å². The van der Waals surface area contributed by atoms with Crippen LogP contribution in [0.2, 0.25) is 10.0 Å². The Kier molecular flexibility index (Phi) is 2.30. The number of aromatic hydroxyl groups is 1. The molecule has 0 saturated carbocycles. The van der Waals surface area contributed by atoms with E-state index in [1.165, 1.54) is 0 Å². The lowest BCUT2D eigenvalue weighted by molar-refractivity contribution is -0.390. The van der Waals surface area contributed by atoms with Gasteiger partial charge in [-0.1, -0.05) is 23.2 Å². The average Bonchev–Trinajstić information content (AvgIpc) is 2.00. The lowest BCUT2D eigenvalue weighted by Crippen LogP contribution is -1.95. The zero-order chi connectivity index (χ0) is 9.30. The molecule has 0 unspecified atom stereocenters. The van der Waals surface area contributed by atoms with E-state index in [2.05, 4.69) is 10.2 Å². The van der Waals surface area contributed by atoms with Gasteiger partial charge in [-0.2, -0.15) is 0 Å². The van der Waals surface area contributed by atoms with Crippen LogP contribution in [0.3, 0.4) is 0 Å². The molecule has 0 atom stereocenters. The summed E-state index contributed by atoms with van der Waals surface area (Å²) >= 11 is 10.7. The fourth-order valence-corrected chi connectivity index (χ4v) is 0.809. The lowest BCUT2D eigenvalue weighted by atomic mass is 10.5. The van der Waals surface area contributed by atoms with Crippen LogP contribution < -0.4 is 0 Å². The van der Waals surface area contributed by atoms with Gasteiger partial charge in [0, 0.05) is 5.10 Å². The number of halogens is 2. The van der Waals surface area contributed by atoms with Crippen LogP contribution in [0.15, 0.2) is 0 Å². The number of nitro groups is 1. The third kappa shape index (κ3) is 1.39. The molecule has 0 aliphatic heterocycles. The molecule has 8 heteroatoms. The molecule has 1 aromatic heterocycles. The Bertz CT molecular complexity index is 343. The fraction of sp³-hybridized carbons (Fsp3) is 0. The molecule has 0 amide bonds. The van der Waals surface area contributed by atoms with E-state index in [-0.39, 0.29) is 5.02 Å². The van der Waals surface area contributed by atoms with E-state index in [1.807, 2.05) is 0 Å². The standard InChI is InChI=1S/C4HCl2N3O3/c5-1-2(6)4(10)8-7-3(1)9(11)12/h(H,8,10). The van der Waals surface area contributed by atoms with Gasteiger partial charge >= 0.3 is 5.82 Å². The Morgan fingerprint density at radius 1 is 1.33 bits per heavy atom. The van der Waals surface area contributed by atoms with Gasteiger partial charge in [-0.15, -0.1) is 0 Å². The van der Waals surface area contributed by atoms with Crippen molar-refractivity contribution >= 4 is 29.0 Å². The molecule has 1 N–H and O–H groups in total. The van der Waals surface area contributed by atoms with Gasteiger partial charge in [0.1, 0.15) is 5.02 Å². The number of nitrogens with zero attached hydrogens (tertiary/aromatic N) is 3. The van der Waals surface area contributed by atoms with Crippen molar-refractivity contribution in [1.82, 2.24) is 10.2 Å². The van der Waals surface area contributed by atoms with Crippen LogP contribution in [0.1, 0.15) is 0 Å². The summed E-state index contributed by atoms with van der Waals surface area (Å²) in [5.41, 5.74) is 0. The highest BCUT2D eigenvalue weighted by molar-refractivity contribution is 6.43. The van der Waals surface area contributed by atoms with Crippen LogP contribution in [0.25, 0.3) is 0 Å². The number of hydrogen-bond acceptors (Lipinski definition) is 5. The highest BCUT2D eigenvalue weighted by Crippen LogP contribution is 2.33. The molecular formula is C4HCl2N3O3. The van der Waals surface area contributed by atoms with Gasteiger partial charge in [-0.25, -0.2) is 0 Å². The maximum absolute atomic E-state index is 10.2. The molecule has 64 valence electrons. The monoisotopic (exact) mass is 209 g/mol. The summed E-state index contributed by atoms with van der Waals surface area (Å²) < 4.78 is 0. The molecule has 6 nitrogen and oxygen atoms in total. The summed E-state index contributed by atoms with van der Waals surface area (Å²) in [6.07, 6.45) is 0. The summed E-state index contributed by atoms with van der Waals surface area (Å²) in [5, 5.41) is 24.2. The Hall–Kier alpha value is -1.14. The molecule has 0 aliphatic rings. The van der Waals surface area contributed by atoms with E-state index in [4.69, 9.17) is 28.3 Å². The molecule has 0 fully saturated rings. The van der Waals surface area contributed by atoms with Gasteiger partial charge in [0.05, 0.1) is 5.10 Å². The third-order valence-corrected chi connectivity index (χ3v) is 1.81. The minimum absolute atomic E-state index is 0.377. The molecule has 1 aromatic rings. The zero-order valence-electron chi connectivity index (χ0n) is 5.36. The first-order chi connectivity index (χ1) is 5.54. The molecule has 0 spiro atoms. The van der Waals surface area contributed by atoms with E-state index < -0.39 is 21.6 Å². The van der Waals surface area contributed by atoms with Gasteiger partial charge in [-0.05, 0) is 4.92 Å². The first-order valence-electron chi connectivity index (χ1n) is 2.59. The number of hydrogen-bond donors (Lipinski definition) is 1. The highest BCUT2D eigenvalue weighted by Gasteiger charge is 2.21. The van der Waals surface area contributed by atoms with Gasteiger partial charge in [0.15, 0.2) is 5.02 Å². The van der Waals surface area contributed by atoms with E-state index >= 15 is 0 Å². The topological polar surface area (TPSA) is 89.2 Å². The molecule has 1 rings (SSSR count). The summed E-state index contributed by atoms with van der Waals surface area (Å²) in [5.74, 6) is -1.31. The first-order valence-corrected chi connectivity index (χ1v) is 3.34. The van der Waals surface area contributed by atoms with E-state index in [0.717, 1.165) is 0 Å². The molecule has 0 bridgehead atoms. The van der Waals surface area contributed by atoms with Crippen molar-refractivity contribution in [2.24, 2.45) is 0 Å². The minimum atomic E-state index is -0.847. The Labute approximate surface area is 75.9 Å². The lowest BCUT2D eigenvalue weighted by Gasteiger charge is -1.95. The second-order valence-electron chi connectivity index (χ2n) is 1.73. The second kappa shape index (κ2) is 3.08. The summed E-state index contributed by atoms with van der Waals surface area (Å²) in [6.45, 7) is 0. The Morgan fingerprint density at radius 2 is 1.92 bits per heavy atom. The number of rotatable bonds is 1. The summed E-state index contributed by atoms with van der Waals surface area (Å²) in [7, 11) is 0. The van der Waals surface area contributed by atoms with Crippen molar-refractivity contribution in [2.45, 2.75) is 0 Å². The van der Waals surface area contributed by atoms with E-state index in [0.29, 0.717) is 0 Å². The second-order valence-corrected chi connectivity index (χ2v) is 2.49. The predicted molar refractivity (Wildman–Crippen MR) is 40.4 cm³/mol. The van der Waals surface area contributed by atoms with Crippen molar-refractivity contribution < 1.29 is 10.0 Å². The maximum Gasteiger partial charge on any atom is 0.411 e. The predicted octanol–water partition coefficient (Wildman–Crippen LogP) is 1.40. The smallest absolute Gasteiger partial charge is 0.411 e. The number of aromatic nitrogens is 2. The van der Waals surface area contributed by atoms with Crippen molar-refractivity contribution in [3.63, 3.8) is 0 Å². The normalized spacial score (nSPS) is 9.83. The van der Waals surface area contributed by atoms with Crippen LogP contribution in [0.4, 0.5) is 5.82 Å². The van der Waals surface area contributed by atoms with E-state index in [9.17, 15) is 10.1 Å². The third-order valence-electron chi connectivity index (χ3n) is 0.998. The van der Waals surface area contributed by atoms with Crippen molar-refractivity contribution in [2.75, 3.05) is 0 Å². The van der Waals surface area contributed by atoms with Gasteiger partial charge in [-0.3, -0.25) is 0 Å². The van der Waals surface area contributed by atoms with Crippen LogP contribution >= 0.6 is 23.2 Å². The highest BCUT2D eigenvalue weighted by atomic mass is 35.5. The summed E-state index contributed by atoms with van der Waals surface area (Å²) in [6, 6.07) is 0. The maximum atomic E-state index is 10.2. The van der Waals surface area contributed by atoms with Crippen LogP contribution in [0, 0.1) is 10.1 Å². The van der Waals surface area contributed by atoms with Crippen LogP contribution in [-0.4, -0.2) is 20.2 Å². The van der Waals surface area contributed by atoms with Gasteiger partial charge in [0.2, 0.25) is 0 Å². The Balaban J connectivity index is 3.36. The molecule has 12 heavy (non-hydrogen) atoms. The van der Waals surface area contributed by atoms with Gasteiger partial charge < -0.3 is 15.2 Å². The molecule has 0 radical (unpaired) electrons. The van der Waals surface area contributed by atoms with Crippen molar-refractivity contribution in [3.8, 4) is 5.88 Å². The molecule has 1 heterocycles. The SMILES string of the molecule is O=[N+]([O-])c1nnc(O)c(Cl)c1Cl. The minimum Gasteiger partial charge on any atom is -0.490 e.